The number of rotatable bonds is 3. The molecule has 2 nitrogen and oxygen atoms in total. The molecule has 1 fully saturated rings. The van der Waals surface area contributed by atoms with Crippen LogP contribution in [-0.2, 0) is 0 Å². The average molecular weight is 298 g/mol. The van der Waals surface area contributed by atoms with E-state index in [-0.39, 0.29) is 6.04 Å². The van der Waals surface area contributed by atoms with Gasteiger partial charge < -0.3 is 10.2 Å². The molecule has 3 atom stereocenters. The van der Waals surface area contributed by atoms with Gasteiger partial charge in [0.15, 0.2) is 5.58 Å². The fraction of sp³-hybridized carbons (Fsp3) is 0.222. The van der Waals surface area contributed by atoms with Crippen LogP contribution in [0.25, 0.3) is 11.0 Å². The second kappa shape index (κ2) is 4.90. The van der Waals surface area contributed by atoms with E-state index < -0.39 is 0 Å². The smallest absolute Gasteiger partial charge is 0.152 e. The standard InChI is InChI=1S/C18H16ClNO/c19-15-8-4-7-12-9-16(21-18(12)15)17(20)14-10-13(14)11-5-2-1-3-6-11/h1-9,13-14,17H,10,20H2. The van der Waals surface area contributed by atoms with Crippen molar-refractivity contribution in [2.45, 2.75) is 18.4 Å². The highest BCUT2D eigenvalue weighted by atomic mass is 35.5. The van der Waals surface area contributed by atoms with Crippen molar-refractivity contribution in [1.82, 2.24) is 0 Å². The Morgan fingerprint density at radius 3 is 2.67 bits per heavy atom. The molecule has 1 aromatic heterocycles. The lowest BCUT2D eigenvalue weighted by Gasteiger charge is -2.08. The minimum Gasteiger partial charge on any atom is -0.458 e. The summed E-state index contributed by atoms with van der Waals surface area (Å²) < 4.78 is 5.89. The summed E-state index contributed by atoms with van der Waals surface area (Å²) in [7, 11) is 0. The number of halogens is 1. The normalized spacial score (nSPS) is 22.4. The number of benzene rings is 2. The first-order chi connectivity index (χ1) is 10.2. The summed E-state index contributed by atoms with van der Waals surface area (Å²) in [5, 5.41) is 1.66. The highest BCUT2D eigenvalue weighted by molar-refractivity contribution is 6.34. The maximum Gasteiger partial charge on any atom is 0.152 e. The van der Waals surface area contributed by atoms with Gasteiger partial charge in [-0.2, -0.15) is 0 Å². The van der Waals surface area contributed by atoms with Crippen LogP contribution in [0.3, 0.4) is 0 Å². The molecule has 0 aliphatic heterocycles. The van der Waals surface area contributed by atoms with Crippen LogP contribution in [0.2, 0.25) is 5.02 Å². The van der Waals surface area contributed by atoms with Crippen LogP contribution in [-0.4, -0.2) is 0 Å². The Balaban J connectivity index is 1.60. The van der Waals surface area contributed by atoms with E-state index in [9.17, 15) is 0 Å². The molecule has 4 rings (SSSR count). The zero-order chi connectivity index (χ0) is 14.4. The number of fused-ring (bicyclic) bond motifs is 1. The molecular weight excluding hydrogens is 282 g/mol. The first-order valence-corrected chi connectivity index (χ1v) is 7.60. The van der Waals surface area contributed by atoms with Gasteiger partial charge in [0.05, 0.1) is 11.1 Å². The minimum absolute atomic E-state index is 0.0707. The first-order valence-electron chi connectivity index (χ1n) is 7.22. The summed E-state index contributed by atoms with van der Waals surface area (Å²) in [6.07, 6.45) is 1.12. The third kappa shape index (κ3) is 2.25. The Labute approximate surface area is 128 Å². The van der Waals surface area contributed by atoms with E-state index in [2.05, 4.69) is 24.3 Å². The molecular formula is C18H16ClNO. The van der Waals surface area contributed by atoms with E-state index in [0.29, 0.717) is 16.9 Å². The van der Waals surface area contributed by atoms with Crippen molar-refractivity contribution in [3.8, 4) is 0 Å². The second-order valence-electron chi connectivity index (χ2n) is 5.75. The van der Waals surface area contributed by atoms with Gasteiger partial charge in [0.2, 0.25) is 0 Å². The number of hydrogen-bond acceptors (Lipinski definition) is 2. The molecule has 3 heteroatoms. The summed E-state index contributed by atoms with van der Waals surface area (Å²) in [5.41, 5.74) is 8.51. The van der Waals surface area contributed by atoms with E-state index in [1.807, 2.05) is 30.3 Å². The van der Waals surface area contributed by atoms with Crippen molar-refractivity contribution in [3.63, 3.8) is 0 Å². The van der Waals surface area contributed by atoms with Crippen molar-refractivity contribution < 1.29 is 4.42 Å². The van der Waals surface area contributed by atoms with Gasteiger partial charge in [0, 0.05) is 5.39 Å². The summed E-state index contributed by atoms with van der Waals surface area (Å²) in [5.74, 6) is 1.83. The van der Waals surface area contributed by atoms with E-state index >= 15 is 0 Å². The van der Waals surface area contributed by atoms with Crippen LogP contribution < -0.4 is 5.73 Å². The number of hydrogen-bond donors (Lipinski definition) is 1. The molecule has 0 radical (unpaired) electrons. The largest absolute Gasteiger partial charge is 0.458 e. The van der Waals surface area contributed by atoms with Gasteiger partial charge in [0.1, 0.15) is 5.76 Å². The molecule has 0 spiro atoms. The zero-order valence-corrected chi connectivity index (χ0v) is 12.3. The molecule has 1 saturated carbocycles. The quantitative estimate of drug-likeness (QED) is 0.747. The summed E-state index contributed by atoms with van der Waals surface area (Å²) in [4.78, 5) is 0. The molecule has 0 amide bonds. The lowest BCUT2D eigenvalue weighted by molar-refractivity contribution is 0.462. The molecule has 1 aliphatic carbocycles. The van der Waals surface area contributed by atoms with Crippen LogP contribution in [0, 0.1) is 5.92 Å². The number of furan rings is 1. The predicted octanol–water partition coefficient (Wildman–Crippen LogP) is 4.89. The zero-order valence-electron chi connectivity index (χ0n) is 11.5. The molecule has 1 aliphatic rings. The van der Waals surface area contributed by atoms with Crippen LogP contribution in [0.4, 0.5) is 0 Å². The SMILES string of the molecule is NC(c1cc2cccc(Cl)c2o1)C1CC1c1ccccc1. The van der Waals surface area contributed by atoms with Crippen LogP contribution in [0.15, 0.2) is 59.0 Å². The summed E-state index contributed by atoms with van der Waals surface area (Å²) in [6, 6.07) is 18.3. The molecule has 106 valence electrons. The fourth-order valence-electron chi connectivity index (χ4n) is 3.12. The molecule has 0 bridgehead atoms. The maximum absolute atomic E-state index is 6.41. The van der Waals surface area contributed by atoms with Gasteiger partial charge in [-0.1, -0.05) is 54.1 Å². The lowest BCUT2D eigenvalue weighted by atomic mass is 10.0. The molecule has 2 aromatic carbocycles. The average Bonchev–Trinajstić information content (AvgIpc) is 3.19. The van der Waals surface area contributed by atoms with Crippen molar-refractivity contribution in [3.05, 3.63) is 70.9 Å². The Bertz CT molecular complexity index is 780. The Morgan fingerprint density at radius 1 is 1.10 bits per heavy atom. The molecule has 21 heavy (non-hydrogen) atoms. The van der Waals surface area contributed by atoms with E-state index in [4.69, 9.17) is 21.8 Å². The third-order valence-corrected chi connectivity index (χ3v) is 4.67. The van der Waals surface area contributed by atoms with Crippen molar-refractivity contribution in [1.29, 1.82) is 0 Å². The summed E-state index contributed by atoms with van der Waals surface area (Å²) >= 11 is 6.16. The predicted molar refractivity (Wildman–Crippen MR) is 85.4 cm³/mol. The van der Waals surface area contributed by atoms with Gasteiger partial charge in [-0.05, 0) is 36.0 Å². The van der Waals surface area contributed by atoms with Crippen molar-refractivity contribution >= 4 is 22.6 Å². The first kappa shape index (κ1) is 12.9. The number of nitrogens with two attached hydrogens (primary N) is 1. The highest BCUT2D eigenvalue weighted by Crippen LogP contribution is 2.53. The molecule has 2 N–H and O–H groups in total. The highest BCUT2D eigenvalue weighted by Gasteiger charge is 2.44. The lowest BCUT2D eigenvalue weighted by Crippen LogP contribution is -2.12. The Hall–Kier alpha value is -1.77. The Morgan fingerprint density at radius 2 is 1.90 bits per heavy atom. The van der Waals surface area contributed by atoms with E-state index in [1.165, 1.54) is 5.56 Å². The summed E-state index contributed by atoms with van der Waals surface area (Å²) in [6.45, 7) is 0. The topological polar surface area (TPSA) is 39.2 Å². The monoisotopic (exact) mass is 297 g/mol. The molecule has 0 saturated heterocycles. The molecule has 3 unspecified atom stereocenters. The van der Waals surface area contributed by atoms with Gasteiger partial charge in [-0.15, -0.1) is 0 Å². The van der Waals surface area contributed by atoms with Crippen LogP contribution >= 0.6 is 11.6 Å². The maximum atomic E-state index is 6.41. The van der Waals surface area contributed by atoms with Crippen LogP contribution in [0.1, 0.15) is 29.7 Å². The second-order valence-corrected chi connectivity index (χ2v) is 6.16. The third-order valence-electron chi connectivity index (χ3n) is 4.37. The molecule has 3 aromatic rings. The number of para-hydroxylation sites is 1. The molecule has 1 heterocycles. The van der Waals surface area contributed by atoms with Gasteiger partial charge in [-0.25, -0.2) is 0 Å². The van der Waals surface area contributed by atoms with Crippen molar-refractivity contribution in [2.24, 2.45) is 11.7 Å². The Kier molecular flexibility index (Phi) is 3.02. The fourth-order valence-corrected chi connectivity index (χ4v) is 3.34. The minimum atomic E-state index is -0.0707. The van der Waals surface area contributed by atoms with Gasteiger partial charge in [0.25, 0.3) is 0 Å². The van der Waals surface area contributed by atoms with E-state index in [1.54, 1.807) is 0 Å². The van der Waals surface area contributed by atoms with Crippen molar-refractivity contribution in [2.75, 3.05) is 0 Å². The van der Waals surface area contributed by atoms with E-state index in [0.717, 1.165) is 23.2 Å². The van der Waals surface area contributed by atoms with Crippen LogP contribution in [0.5, 0.6) is 0 Å². The van der Waals surface area contributed by atoms with Gasteiger partial charge >= 0.3 is 0 Å². The van der Waals surface area contributed by atoms with Gasteiger partial charge in [-0.3, -0.25) is 0 Å².